The molecule has 0 spiro atoms. The maximum Gasteiger partial charge on any atom is 0.409 e. The zero-order valence-electron chi connectivity index (χ0n) is 20.1. The van der Waals surface area contributed by atoms with Crippen LogP contribution in [0.15, 0.2) is 29.2 Å². The average molecular weight is 532 g/mol. The normalized spacial score (nSPS) is 25.9. The fourth-order valence-electron chi connectivity index (χ4n) is 4.77. The fourth-order valence-corrected chi connectivity index (χ4v) is 6.62. The van der Waals surface area contributed by atoms with Gasteiger partial charge in [-0.05, 0) is 51.0 Å². The fraction of sp³-hybridized carbons (Fsp3) is 0.696. The molecule has 4 rings (SSSR count). The Morgan fingerprint density at radius 2 is 1.80 bits per heavy atom. The van der Waals surface area contributed by atoms with Crippen LogP contribution >= 0.6 is 11.6 Å². The molecule has 10 nitrogen and oxygen atoms in total. The molecule has 1 aromatic carbocycles. The van der Waals surface area contributed by atoms with Crippen LogP contribution in [0.2, 0.25) is 5.02 Å². The summed E-state index contributed by atoms with van der Waals surface area (Å²) in [6, 6.07) is 5.14. The molecule has 2 heterocycles. The van der Waals surface area contributed by atoms with Gasteiger partial charge in [-0.2, -0.15) is 4.31 Å². The maximum atomic E-state index is 13.4. The van der Waals surface area contributed by atoms with Crippen molar-refractivity contribution in [3.8, 4) is 0 Å². The number of halogens is 1. The number of hydrogen-bond acceptors (Lipinski definition) is 8. The van der Waals surface area contributed by atoms with Gasteiger partial charge in [0.2, 0.25) is 10.0 Å². The van der Waals surface area contributed by atoms with E-state index in [4.69, 9.17) is 21.1 Å². The summed E-state index contributed by atoms with van der Waals surface area (Å²) in [6.45, 7) is 6.20. The van der Waals surface area contributed by atoms with Crippen molar-refractivity contribution in [2.45, 2.75) is 49.4 Å². The van der Waals surface area contributed by atoms with Gasteiger partial charge in [-0.1, -0.05) is 11.6 Å². The third-order valence-electron chi connectivity index (χ3n) is 7.40. The standard InChI is InChI=1S/C23H34ClN3O7S/c1-22(2,15-28)26-11-9-25(10-12-26)21(30)34-16-23(7-8-23)19-13-33-14-20(29)27(19)35(31,32)18-5-3-17(24)4-6-18/h3-6,19-20,28-29H,7-16H2,1-2H3/t19-,20-/m1/s1. The van der Waals surface area contributed by atoms with Crippen molar-refractivity contribution in [2.24, 2.45) is 5.41 Å². The first kappa shape index (κ1) is 26.6. The van der Waals surface area contributed by atoms with Gasteiger partial charge in [-0.25, -0.2) is 13.2 Å². The van der Waals surface area contributed by atoms with Crippen LogP contribution < -0.4 is 0 Å². The van der Waals surface area contributed by atoms with E-state index in [1.807, 2.05) is 13.8 Å². The summed E-state index contributed by atoms with van der Waals surface area (Å²) in [5.41, 5.74) is -0.966. The van der Waals surface area contributed by atoms with Gasteiger partial charge in [0.15, 0.2) is 0 Å². The number of sulfonamides is 1. The second kappa shape index (κ2) is 10.1. The molecule has 12 heteroatoms. The number of aliphatic hydroxyl groups excluding tert-OH is 2. The Balaban J connectivity index is 1.42. The molecule has 0 unspecified atom stereocenters. The van der Waals surface area contributed by atoms with Crippen molar-refractivity contribution in [3.05, 3.63) is 29.3 Å². The second-order valence-electron chi connectivity index (χ2n) is 10.2. The first-order valence-corrected chi connectivity index (χ1v) is 13.6. The molecule has 0 radical (unpaired) electrons. The number of carbonyl (C=O) groups excluding carboxylic acids is 1. The lowest BCUT2D eigenvalue weighted by molar-refractivity contribution is -0.116. The molecule has 2 aliphatic heterocycles. The highest BCUT2D eigenvalue weighted by Gasteiger charge is 2.58. The van der Waals surface area contributed by atoms with Crippen LogP contribution in [0.4, 0.5) is 4.79 Å². The van der Waals surface area contributed by atoms with Crippen molar-refractivity contribution in [2.75, 3.05) is 52.6 Å². The first-order chi connectivity index (χ1) is 16.5. The molecule has 1 aliphatic carbocycles. The molecular formula is C23H34ClN3O7S. The van der Waals surface area contributed by atoms with E-state index >= 15 is 0 Å². The number of carbonyl (C=O) groups is 1. The zero-order chi connectivity index (χ0) is 25.4. The molecular weight excluding hydrogens is 498 g/mol. The van der Waals surface area contributed by atoms with E-state index in [2.05, 4.69) is 4.90 Å². The van der Waals surface area contributed by atoms with Crippen molar-refractivity contribution in [1.29, 1.82) is 0 Å². The number of piperazine rings is 1. The van der Waals surface area contributed by atoms with Gasteiger partial charge in [-0.15, -0.1) is 0 Å². The van der Waals surface area contributed by atoms with Crippen molar-refractivity contribution >= 4 is 27.7 Å². The van der Waals surface area contributed by atoms with E-state index in [9.17, 15) is 23.4 Å². The summed E-state index contributed by atoms with van der Waals surface area (Å²) < 4.78 is 39.2. The monoisotopic (exact) mass is 531 g/mol. The van der Waals surface area contributed by atoms with Gasteiger partial charge in [0.05, 0.1) is 30.8 Å². The molecule has 3 aliphatic rings. The molecule has 35 heavy (non-hydrogen) atoms. The smallest absolute Gasteiger partial charge is 0.409 e. The molecule has 3 fully saturated rings. The number of benzene rings is 1. The number of amides is 1. The van der Waals surface area contributed by atoms with Crippen LogP contribution in [0.25, 0.3) is 0 Å². The lowest BCUT2D eigenvalue weighted by Gasteiger charge is -2.43. The third-order valence-corrected chi connectivity index (χ3v) is 9.57. The molecule has 1 saturated carbocycles. The number of hydrogen-bond donors (Lipinski definition) is 2. The number of rotatable bonds is 7. The lowest BCUT2D eigenvalue weighted by atomic mass is 9.97. The van der Waals surface area contributed by atoms with E-state index in [0.29, 0.717) is 44.0 Å². The number of aliphatic hydroxyl groups is 2. The van der Waals surface area contributed by atoms with E-state index in [0.717, 1.165) is 4.31 Å². The summed E-state index contributed by atoms with van der Waals surface area (Å²) in [5, 5.41) is 20.6. The van der Waals surface area contributed by atoms with E-state index in [1.54, 1.807) is 4.90 Å². The summed E-state index contributed by atoms with van der Waals surface area (Å²) in [5.74, 6) is 0. The minimum Gasteiger partial charge on any atom is -0.449 e. The summed E-state index contributed by atoms with van der Waals surface area (Å²) in [7, 11) is -4.03. The van der Waals surface area contributed by atoms with Crippen LogP contribution in [0.5, 0.6) is 0 Å². The maximum absolute atomic E-state index is 13.4. The van der Waals surface area contributed by atoms with Crippen molar-refractivity contribution in [3.63, 3.8) is 0 Å². The minimum absolute atomic E-state index is 0.0318. The van der Waals surface area contributed by atoms with Gasteiger partial charge in [-0.3, -0.25) is 4.90 Å². The molecule has 0 aromatic heterocycles. The summed E-state index contributed by atoms with van der Waals surface area (Å²) in [4.78, 5) is 16.6. The van der Waals surface area contributed by atoms with E-state index in [-0.39, 0.29) is 36.9 Å². The first-order valence-electron chi connectivity index (χ1n) is 11.8. The number of nitrogens with zero attached hydrogens (tertiary/aromatic N) is 3. The van der Waals surface area contributed by atoms with E-state index in [1.165, 1.54) is 24.3 Å². The minimum atomic E-state index is -4.03. The topological polar surface area (TPSA) is 120 Å². The SMILES string of the molecule is CC(C)(CO)N1CCN(C(=O)OCC2([C@H]3COC[C@@H](O)N3S(=O)(=O)c3ccc(Cl)cc3)CC2)CC1. The van der Waals surface area contributed by atoms with Crippen LogP contribution in [0, 0.1) is 5.41 Å². The molecule has 1 amide bonds. The molecule has 2 N–H and O–H groups in total. The highest BCUT2D eigenvalue weighted by molar-refractivity contribution is 7.89. The van der Waals surface area contributed by atoms with Crippen LogP contribution in [0.1, 0.15) is 26.7 Å². The van der Waals surface area contributed by atoms with Crippen LogP contribution in [-0.2, 0) is 19.5 Å². The van der Waals surface area contributed by atoms with Gasteiger partial charge in [0.25, 0.3) is 0 Å². The highest BCUT2D eigenvalue weighted by atomic mass is 35.5. The van der Waals surface area contributed by atoms with Gasteiger partial charge < -0.3 is 24.6 Å². The molecule has 1 aromatic rings. The quantitative estimate of drug-likeness (QED) is 0.541. The Kier molecular flexibility index (Phi) is 7.69. The van der Waals surface area contributed by atoms with Crippen LogP contribution in [0.3, 0.4) is 0 Å². The Labute approximate surface area is 211 Å². The molecule has 2 saturated heterocycles. The largest absolute Gasteiger partial charge is 0.449 e. The zero-order valence-corrected chi connectivity index (χ0v) is 21.7. The Hall–Kier alpha value is -1.47. The average Bonchev–Trinajstić information content (AvgIpc) is 3.63. The van der Waals surface area contributed by atoms with E-state index < -0.39 is 33.8 Å². The molecule has 0 bridgehead atoms. The third kappa shape index (κ3) is 5.46. The van der Waals surface area contributed by atoms with Gasteiger partial charge >= 0.3 is 6.09 Å². The van der Waals surface area contributed by atoms with Gasteiger partial charge in [0, 0.05) is 42.2 Å². The Bertz CT molecular complexity index is 1010. The lowest BCUT2D eigenvalue weighted by Crippen LogP contribution is -2.59. The summed E-state index contributed by atoms with van der Waals surface area (Å²) >= 11 is 5.92. The molecule has 196 valence electrons. The predicted octanol–water partition coefficient (Wildman–Crippen LogP) is 1.35. The van der Waals surface area contributed by atoms with Crippen LogP contribution in [-0.4, -0.2) is 109 Å². The second-order valence-corrected chi connectivity index (χ2v) is 12.5. The van der Waals surface area contributed by atoms with Crippen molar-refractivity contribution in [1.82, 2.24) is 14.1 Å². The number of morpholine rings is 1. The predicted molar refractivity (Wildman–Crippen MR) is 128 cm³/mol. The Morgan fingerprint density at radius 1 is 1.17 bits per heavy atom. The van der Waals surface area contributed by atoms with Crippen molar-refractivity contribution < 1.29 is 32.9 Å². The van der Waals surface area contributed by atoms with Gasteiger partial charge in [0.1, 0.15) is 12.8 Å². The molecule has 2 atom stereocenters. The number of ether oxygens (including phenoxy) is 2. The Morgan fingerprint density at radius 3 is 2.37 bits per heavy atom. The highest BCUT2D eigenvalue weighted by Crippen LogP contribution is 2.52. The summed E-state index contributed by atoms with van der Waals surface area (Å²) in [6.07, 6.45) is -0.467.